The van der Waals surface area contributed by atoms with Crippen LogP contribution in [0.5, 0.6) is 5.75 Å². The summed E-state index contributed by atoms with van der Waals surface area (Å²) >= 11 is 0. The summed E-state index contributed by atoms with van der Waals surface area (Å²) < 4.78 is 18.1. The van der Waals surface area contributed by atoms with Gasteiger partial charge in [0.2, 0.25) is 0 Å². The first kappa shape index (κ1) is 13.7. The van der Waals surface area contributed by atoms with Gasteiger partial charge in [0.25, 0.3) is 5.69 Å². The fraction of sp³-hybridized carbons (Fsp3) is 0.0714. The van der Waals surface area contributed by atoms with Gasteiger partial charge < -0.3 is 4.74 Å². The molecule has 0 unspecified atom stereocenters. The van der Waals surface area contributed by atoms with Crippen LogP contribution in [0.4, 0.5) is 10.1 Å². The predicted octanol–water partition coefficient (Wildman–Crippen LogP) is 3.13. The number of ether oxygens (including phenoxy) is 1. The zero-order valence-electron chi connectivity index (χ0n) is 10.3. The van der Waals surface area contributed by atoms with Crippen molar-refractivity contribution in [3.8, 4) is 5.75 Å². The molecule has 0 spiro atoms. The maximum Gasteiger partial charge on any atom is 0.280 e. The van der Waals surface area contributed by atoms with E-state index in [-0.39, 0.29) is 23.7 Å². The fourth-order valence-electron chi connectivity index (χ4n) is 1.63. The molecule has 0 atom stereocenters. The smallest absolute Gasteiger partial charge is 0.280 e. The van der Waals surface area contributed by atoms with Gasteiger partial charge in [-0.15, -0.1) is 0 Å². The van der Waals surface area contributed by atoms with Crippen molar-refractivity contribution in [1.82, 2.24) is 0 Å². The van der Waals surface area contributed by atoms with E-state index in [1.54, 1.807) is 12.1 Å². The predicted molar refractivity (Wildman–Crippen MR) is 69.2 cm³/mol. The molecule has 0 radical (unpaired) electrons. The van der Waals surface area contributed by atoms with Gasteiger partial charge >= 0.3 is 0 Å². The Labute approximate surface area is 113 Å². The Morgan fingerprint density at radius 2 is 1.90 bits per heavy atom. The van der Waals surface area contributed by atoms with Crippen LogP contribution in [0.2, 0.25) is 0 Å². The van der Waals surface area contributed by atoms with Crippen LogP contribution in [0.25, 0.3) is 0 Å². The average molecular weight is 275 g/mol. The lowest BCUT2D eigenvalue weighted by Gasteiger charge is -2.07. The number of nitro benzene ring substituents is 1. The zero-order chi connectivity index (χ0) is 14.5. The van der Waals surface area contributed by atoms with Gasteiger partial charge in [-0.2, -0.15) is 0 Å². The molecule has 0 N–H and O–H groups in total. The largest absolute Gasteiger partial charge is 0.489 e. The van der Waals surface area contributed by atoms with E-state index in [0.717, 1.165) is 5.56 Å². The normalized spacial score (nSPS) is 10.1. The van der Waals surface area contributed by atoms with Crippen molar-refractivity contribution in [1.29, 1.82) is 0 Å². The first-order chi connectivity index (χ1) is 9.60. The van der Waals surface area contributed by atoms with Crippen LogP contribution in [-0.2, 0) is 6.61 Å². The average Bonchev–Trinajstić information content (AvgIpc) is 2.46. The van der Waals surface area contributed by atoms with E-state index >= 15 is 0 Å². The van der Waals surface area contributed by atoms with Crippen molar-refractivity contribution in [2.45, 2.75) is 6.61 Å². The number of carbonyl (C=O) groups excluding carboxylic acids is 1. The number of benzene rings is 2. The minimum atomic E-state index is -0.631. The highest BCUT2D eigenvalue weighted by Crippen LogP contribution is 2.23. The monoisotopic (exact) mass is 275 g/mol. The van der Waals surface area contributed by atoms with E-state index in [9.17, 15) is 19.3 Å². The molecule has 0 aliphatic heterocycles. The van der Waals surface area contributed by atoms with Gasteiger partial charge in [-0.05, 0) is 29.8 Å². The third-order valence-electron chi connectivity index (χ3n) is 2.64. The highest BCUT2D eigenvalue weighted by molar-refractivity contribution is 5.82. The fourth-order valence-corrected chi connectivity index (χ4v) is 1.63. The number of halogens is 1. The molecule has 0 bridgehead atoms. The minimum absolute atomic E-state index is 0.0494. The molecule has 0 aromatic heterocycles. The first-order valence-electron chi connectivity index (χ1n) is 5.71. The van der Waals surface area contributed by atoms with Crippen LogP contribution in [0.15, 0.2) is 42.5 Å². The lowest BCUT2D eigenvalue weighted by atomic mass is 10.2. The second-order valence-electron chi connectivity index (χ2n) is 4.01. The van der Waals surface area contributed by atoms with Crippen LogP contribution >= 0.6 is 0 Å². The Hall–Kier alpha value is -2.76. The molecule has 0 heterocycles. The van der Waals surface area contributed by atoms with Crippen molar-refractivity contribution in [2.24, 2.45) is 0 Å². The number of nitro groups is 1. The van der Waals surface area contributed by atoms with Crippen molar-refractivity contribution < 1.29 is 18.8 Å². The van der Waals surface area contributed by atoms with E-state index in [2.05, 4.69) is 0 Å². The Morgan fingerprint density at radius 3 is 2.50 bits per heavy atom. The second kappa shape index (κ2) is 5.92. The molecule has 0 aliphatic carbocycles. The molecule has 0 saturated heterocycles. The molecule has 102 valence electrons. The Bertz CT molecular complexity index is 640. The molecule has 0 aliphatic rings. The first-order valence-corrected chi connectivity index (χ1v) is 5.71. The summed E-state index contributed by atoms with van der Waals surface area (Å²) in [4.78, 5) is 20.8. The van der Waals surface area contributed by atoms with Crippen molar-refractivity contribution in [3.63, 3.8) is 0 Å². The van der Waals surface area contributed by atoms with E-state index in [1.807, 2.05) is 0 Å². The maximum absolute atomic E-state index is 12.7. The lowest BCUT2D eigenvalue weighted by molar-refractivity contribution is -0.385. The molecule has 5 nitrogen and oxygen atoms in total. The van der Waals surface area contributed by atoms with Crippen molar-refractivity contribution >= 4 is 12.0 Å². The van der Waals surface area contributed by atoms with Gasteiger partial charge in [-0.25, -0.2) is 4.39 Å². The molecule has 2 rings (SSSR count). The van der Waals surface area contributed by atoms with Crippen LogP contribution in [0, 0.1) is 15.9 Å². The summed E-state index contributed by atoms with van der Waals surface area (Å²) in [7, 11) is 0. The highest BCUT2D eigenvalue weighted by Gasteiger charge is 2.13. The zero-order valence-corrected chi connectivity index (χ0v) is 10.3. The van der Waals surface area contributed by atoms with Gasteiger partial charge in [0.05, 0.1) is 10.5 Å². The van der Waals surface area contributed by atoms with E-state index in [1.165, 1.54) is 30.3 Å². The van der Waals surface area contributed by atoms with Gasteiger partial charge in [-0.3, -0.25) is 14.9 Å². The van der Waals surface area contributed by atoms with Crippen LogP contribution in [0.3, 0.4) is 0 Å². The Morgan fingerprint density at radius 1 is 1.20 bits per heavy atom. The maximum atomic E-state index is 12.7. The van der Waals surface area contributed by atoms with Crippen LogP contribution < -0.4 is 4.74 Å². The summed E-state index contributed by atoms with van der Waals surface area (Å²) in [5, 5.41) is 10.7. The summed E-state index contributed by atoms with van der Waals surface area (Å²) in [6.45, 7) is 0.177. The second-order valence-corrected chi connectivity index (χ2v) is 4.01. The third kappa shape index (κ3) is 3.17. The summed E-state index contributed by atoms with van der Waals surface area (Å²) in [6, 6.07) is 9.69. The van der Waals surface area contributed by atoms with Crippen LogP contribution in [-0.4, -0.2) is 11.2 Å². The number of hydrogen-bond acceptors (Lipinski definition) is 4. The SMILES string of the molecule is O=Cc1cc(OCc2ccc(F)cc2)ccc1[N+](=O)[O-]. The number of carbonyl (C=O) groups is 1. The molecule has 6 heteroatoms. The molecule has 0 saturated carbocycles. The molecule has 20 heavy (non-hydrogen) atoms. The van der Waals surface area contributed by atoms with E-state index < -0.39 is 4.92 Å². The quantitative estimate of drug-likeness (QED) is 0.477. The summed E-state index contributed by atoms with van der Waals surface area (Å²) in [6.07, 6.45) is 0.406. The van der Waals surface area contributed by atoms with Gasteiger partial charge in [0.15, 0.2) is 6.29 Å². The summed E-state index contributed by atoms with van der Waals surface area (Å²) in [5.74, 6) is -0.00523. The minimum Gasteiger partial charge on any atom is -0.489 e. The van der Waals surface area contributed by atoms with E-state index in [4.69, 9.17) is 4.74 Å². The molecular weight excluding hydrogens is 265 g/mol. The Balaban J connectivity index is 2.12. The lowest BCUT2D eigenvalue weighted by Crippen LogP contribution is -1.98. The molecule has 0 fully saturated rings. The van der Waals surface area contributed by atoms with Crippen molar-refractivity contribution in [3.05, 3.63) is 69.5 Å². The molecular formula is C14H10FNO4. The third-order valence-corrected chi connectivity index (χ3v) is 2.64. The summed E-state index contributed by atoms with van der Waals surface area (Å²) in [5.41, 5.74) is 0.429. The number of aldehydes is 1. The van der Waals surface area contributed by atoms with Gasteiger partial charge in [0.1, 0.15) is 18.2 Å². The molecule has 2 aromatic carbocycles. The van der Waals surface area contributed by atoms with Crippen LogP contribution in [0.1, 0.15) is 15.9 Å². The standard InChI is InChI=1S/C14H10FNO4/c15-12-3-1-10(2-4-12)9-20-13-5-6-14(16(18)19)11(7-13)8-17/h1-8H,9H2. The number of nitrogens with zero attached hydrogens (tertiary/aromatic N) is 1. The van der Waals surface area contributed by atoms with Crippen molar-refractivity contribution in [2.75, 3.05) is 0 Å². The van der Waals surface area contributed by atoms with Gasteiger partial charge in [0, 0.05) is 6.07 Å². The number of hydrogen-bond donors (Lipinski definition) is 0. The molecule has 2 aromatic rings. The molecule has 0 amide bonds. The topological polar surface area (TPSA) is 69.4 Å². The highest BCUT2D eigenvalue weighted by atomic mass is 19.1. The Kier molecular flexibility index (Phi) is 4.05. The van der Waals surface area contributed by atoms with E-state index in [0.29, 0.717) is 12.0 Å². The van der Waals surface area contributed by atoms with Gasteiger partial charge in [-0.1, -0.05) is 12.1 Å². The number of rotatable bonds is 5.